The lowest BCUT2D eigenvalue weighted by molar-refractivity contribution is -0.141. The number of anilines is 2. The third kappa shape index (κ3) is 6.60. The third-order valence-electron chi connectivity index (χ3n) is 10.1. The fourth-order valence-corrected chi connectivity index (χ4v) is 7.74. The molecule has 0 radical (unpaired) electrons. The molecule has 3 N–H and O–H groups in total. The van der Waals surface area contributed by atoms with E-state index in [2.05, 4.69) is 32.1 Å². The molecule has 0 spiro atoms. The van der Waals surface area contributed by atoms with Gasteiger partial charge in [-0.05, 0) is 85.0 Å². The van der Waals surface area contributed by atoms with E-state index in [0.717, 1.165) is 70.3 Å². The van der Waals surface area contributed by atoms with E-state index in [1.54, 1.807) is 6.20 Å². The number of oxazole rings is 1. The van der Waals surface area contributed by atoms with Crippen LogP contribution in [0.15, 0.2) is 77.5 Å². The molecule has 8 rings (SSSR count). The van der Waals surface area contributed by atoms with Crippen molar-refractivity contribution in [2.75, 3.05) is 31.5 Å². The Balaban J connectivity index is 1.07. The highest BCUT2D eigenvalue weighted by molar-refractivity contribution is 6.36. The maximum atomic E-state index is 11.5. The molecule has 2 saturated heterocycles. The normalized spacial score (nSPS) is 18.0. The highest BCUT2D eigenvalue weighted by Gasteiger charge is 2.28. The highest BCUT2D eigenvalue weighted by Crippen LogP contribution is 2.40. The van der Waals surface area contributed by atoms with Gasteiger partial charge < -0.3 is 19.9 Å². The number of aromatic nitrogens is 3. The van der Waals surface area contributed by atoms with Gasteiger partial charge in [0, 0.05) is 61.6 Å². The number of nitrogens with zero attached hydrogens (tertiary/aromatic N) is 5. The second-order valence-electron chi connectivity index (χ2n) is 13.7. The number of halogens is 1. The minimum Gasteiger partial charge on any atom is -0.481 e. The molecule has 0 amide bonds. The van der Waals surface area contributed by atoms with E-state index in [0.29, 0.717) is 65.1 Å². The Bertz CT molecular complexity index is 2390. The molecule has 0 unspecified atom stereocenters. The number of carboxylic acids is 1. The first-order valence-electron chi connectivity index (χ1n) is 17.4. The molecule has 2 aliphatic heterocycles. The summed E-state index contributed by atoms with van der Waals surface area (Å²) >= 11 is 7.13. The molecule has 2 atom stereocenters. The van der Waals surface area contributed by atoms with Gasteiger partial charge in [0.25, 0.3) is 0 Å². The number of nitrogens with one attached hydrogen (secondary N) is 1. The summed E-state index contributed by atoms with van der Waals surface area (Å²) in [5, 5.41) is 24.3. The SMILES string of the molecule is C#Cc1cc(CN2CC[C@H](C(=O)O)C2)cc2nc(-c3cccc(-c4cccc(Nc5nccc6cc(CN7CC[C@H](O)C7)cnc56)c4Cl)c3C)oc12. The minimum absolute atomic E-state index is 0.262. The fourth-order valence-electron chi connectivity index (χ4n) is 7.46. The Morgan fingerprint density at radius 1 is 1.00 bits per heavy atom. The summed E-state index contributed by atoms with van der Waals surface area (Å²) in [7, 11) is 0. The predicted octanol–water partition coefficient (Wildman–Crippen LogP) is 7.26. The van der Waals surface area contributed by atoms with E-state index in [9.17, 15) is 15.0 Å². The zero-order valence-corrected chi connectivity index (χ0v) is 29.4. The Morgan fingerprint density at radius 3 is 2.56 bits per heavy atom. The lowest BCUT2D eigenvalue weighted by atomic mass is 9.96. The molecule has 0 saturated carbocycles. The number of carboxylic acid groups (broad SMARTS) is 1. The van der Waals surface area contributed by atoms with E-state index in [-0.39, 0.29) is 12.0 Å². The topological polar surface area (TPSA) is 128 Å². The highest BCUT2D eigenvalue weighted by atomic mass is 35.5. The summed E-state index contributed by atoms with van der Waals surface area (Å²) in [5.41, 5.74) is 8.80. The molecule has 2 fully saturated rings. The number of hydrogen-bond donors (Lipinski definition) is 3. The number of aliphatic hydroxyl groups is 1. The van der Waals surface area contributed by atoms with Gasteiger partial charge in [-0.25, -0.2) is 9.97 Å². The lowest BCUT2D eigenvalue weighted by Crippen LogP contribution is -2.22. The van der Waals surface area contributed by atoms with Crippen molar-refractivity contribution >= 4 is 51.1 Å². The van der Waals surface area contributed by atoms with Crippen LogP contribution in [0.1, 0.15) is 35.1 Å². The van der Waals surface area contributed by atoms with Crippen LogP contribution in [0.25, 0.3) is 44.6 Å². The summed E-state index contributed by atoms with van der Waals surface area (Å²) in [4.78, 5) is 30.1. The number of pyridine rings is 2. The molecular weight excluding hydrogens is 676 g/mol. The number of rotatable bonds is 9. The zero-order valence-electron chi connectivity index (χ0n) is 28.6. The van der Waals surface area contributed by atoms with Crippen LogP contribution < -0.4 is 5.32 Å². The molecule has 5 heterocycles. The van der Waals surface area contributed by atoms with Gasteiger partial charge in [-0.15, -0.1) is 6.42 Å². The quantitative estimate of drug-likeness (QED) is 0.132. The largest absolute Gasteiger partial charge is 0.481 e. The van der Waals surface area contributed by atoms with Gasteiger partial charge >= 0.3 is 5.97 Å². The van der Waals surface area contributed by atoms with Crippen molar-refractivity contribution in [3.05, 3.63) is 100 Å². The molecule has 3 aromatic carbocycles. The van der Waals surface area contributed by atoms with Crippen LogP contribution in [0.2, 0.25) is 5.02 Å². The molecule has 10 nitrogen and oxygen atoms in total. The first-order valence-corrected chi connectivity index (χ1v) is 17.8. The van der Waals surface area contributed by atoms with Crippen LogP contribution in [-0.2, 0) is 17.9 Å². The number of fused-ring (bicyclic) bond motifs is 2. The second kappa shape index (κ2) is 14.0. The average molecular weight is 713 g/mol. The first-order chi connectivity index (χ1) is 25.2. The zero-order chi connectivity index (χ0) is 35.9. The molecule has 11 heteroatoms. The number of benzene rings is 3. The Morgan fingerprint density at radius 2 is 1.77 bits per heavy atom. The van der Waals surface area contributed by atoms with Gasteiger partial charge in [-0.1, -0.05) is 41.8 Å². The molecule has 0 aliphatic carbocycles. The number of β-amino-alcohol motifs (C(OH)–C–C–N with tert-alkyl or cyclic N) is 1. The van der Waals surface area contributed by atoms with Crippen LogP contribution in [0.4, 0.5) is 11.5 Å². The van der Waals surface area contributed by atoms with E-state index >= 15 is 0 Å². The van der Waals surface area contributed by atoms with Gasteiger partial charge in [0.1, 0.15) is 11.0 Å². The Hall–Kier alpha value is -5.31. The van der Waals surface area contributed by atoms with Gasteiger partial charge in [-0.2, -0.15) is 0 Å². The number of aliphatic carboxylic acids is 1. The summed E-state index contributed by atoms with van der Waals surface area (Å²) < 4.78 is 6.33. The fraction of sp³-hybridized carbons (Fsp3) is 0.268. The van der Waals surface area contributed by atoms with Crippen molar-refractivity contribution in [3.63, 3.8) is 0 Å². The van der Waals surface area contributed by atoms with Crippen LogP contribution in [-0.4, -0.2) is 73.2 Å². The summed E-state index contributed by atoms with van der Waals surface area (Å²) in [6.45, 7) is 6.13. The van der Waals surface area contributed by atoms with Crippen LogP contribution in [0.5, 0.6) is 0 Å². The standard InChI is InChI=1S/C41H37ClN6O4/c1-3-27-16-25(20-47-14-11-29(22-47)41(50)51)18-35-38(27)52-40(46-35)32-7-4-6-31(24(32)2)33-8-5-9-34(36(33)42)45-39-37-28(10-13-43-39)17-26(19-44-37)21-48-15-12-30(49)23-48/h1,4-10,13,16-19,29-30,49H,11-12,14-15,20-23H2,2H3,(H,43,45)(H,50,51)/t29-,30-/m0/s1. The maximum Gasteiger partial charge on any atom is 0.307 e. The molecule has 2 aliphatic rings. The maximum absolute atomic E-state index is 11.5. The first kappa shape index (κ1) is 33.8. The second-order valence-corrected chi connectivity index (χ2v) is 14.1. The van der Waals surface area contributed by atoms with Gasteiger partial charge in [0.05, 0.1) is 28.3 Å². The minimum atomic E-state index is -0.755. The van der Waals surface area contributed by atoms with Crippen molar-refractivity contribution in [1.29, 1.82) is 0 Å². The Kier molecular flexibility index (Phi) is 9.11. The van der Waals surface area contributed by atoms with Crippen LogP contribution >= 0.6 is 11.6 Å². The molecular formula is C41H37ClN6O4. The Labute approximate surface area is 306 Å². The van der Waals surface area contributed by atoms with E-state index in [1.807, 2.05) is 67.7 Å². The summed E-state index contributed by atoms with van der Waals surface area (Å²) in [5.74, 6) is 2.70. The third-order valence-corrected chi connectivity index (χ3v) is 10.6. The summed E-state index contributed by atoms with van der Waals surface area (Å²) in [6.07, 6.45) is 10.7. The lowest BCUT2D eigenvalue weighted by Gasteiger charge is -2.16. The van der Waals surface area contributed by atoms with E-state index < -0.39 is 5.97 Å². The molecule has 52 heavy (non-hydrogen) atoms. The molecule has 3 aromatic heterocycles. The average Bonchev–Trinajstić information content (AvgIpc) is 3.89. The molecule has 0 bridgehead atoms. The van der Waals surface area contributed by atoms with Crippen molar-refractivity contribution < 1.29 is 19.4 Å². The molecule has 6 aromatic rings. The van der Waals surface area contributed by atoms with Crippen LogP contribution in [0.3, 0.4) is 0 Å². The van der Waals surface area contributed by atoms with Crippen molar-refractivity contribution in [2.24, 2.45) is 5.92 Å². The van der Waals surface area contributed by atoms with Crippen molar-refractivity contribution in [3.8, 4) is 34.9 Å². The molecule has 262 valence electrons. The summed E-state index contributed by atoms with van der Waals surface area (Å²) in [6, 6.07) is 19.8. The predicted molar refractivity (Wildman–Crippen MR) is 202 cm³/mol. The number of hydrogen-bond acceptors (Lipinski definition) is 9. The van der Waals surface area contributed by atoms with Gasteiger partial charge in [0.2, 0.25) is 5.89 Å². The van der Waals surface area contributed by atoms with Gasteiger partial charge in [-0.3, -0.25) is 19.6 Å². The number of likely N-dealkylation sites (tertiary alicyclic amines) is 2. The monoisotopic (exact) mass is 712 g/mol. The number of aliphatic hydroxyl groups excluding tert-OH is 1. The number of terminal acetylenes is 1. The smallest absolute Gasteiger partial charge is 0.307 e. The van der Waals surface area contributed by atoms with Crippen molar-refractivity contribution in [1.82, 2.24) is 24.8 Å². The van der Waals surface area contributed by atoms with Crippen LogP contribution in [0, 0.1) is 25.2 Å². The number of carbonyl (C=O) groups is 1. The van der Waals surface area contributed by atoms with E-state index in [4.69, 9.17) is 32.4 Å². The van der Waals surface area contributed by atoms with Gasteiger partial charge in [0.15, 0.2) is 11.4 Å². The van der Waals surface area contributed by atoms with E-state index in [1.165, 1.54) is 0 Å². The van der Waals surface area contributed by atoms with Crippen molar-refractivity contribution in [2.45, 2.75) is 39.0 Å².